The first-order chi connectivity index (χ1) is 10.1. The number of amides is 2. The van der Waals surface area contributed by atoms with Crippen LogP contribution in [0.1, 0.15) is 22.8 Å². The molecule has 0 bridgehead atoms. The number of hydrogen-bond acceptors (Lipinski definition) is 4. The third kappa shape index (κ3) is 3.08. The summed E-state index contributed by atoms with van der Waals surface area (Å²) in [5, 5.41) is 8.71. The van der Waals surface area contributed by atoms with E-state index in [4.69, 9.17) is 5.26 Å². The molecule has 1 aliphatic heterocycles. The molecule has 0 radical (unpaired) electrons. The van der Waals surface area contributed by atoms with Crippen molar-refractivity contribution in [3.63, 3.8) is 0 Å². The number of likely N-dealkylation sites (N-methyl/N-ethyl adjacent to an activating group) is 1. The summed E-state index contributed by atoms with van der Waals surface area (Å²) in [6.45, 7) is 2.99. The Labute approximate surface area is 122 Å². The van der Waals surface area contributed by atoms with Crippen LogP contribution in [0.4, 0.5) is 0 Å². The number of carbonyl (C=O) groups excluding carboxylic acids is 3. The predicted molar refractivity (Wildman–Crippen MR) is 74.3 cm³/mol. The van der Waals surface area contributed by atoms with Crippen molar-refractivity contribution in [3.05, 3.63) is 35.4 Å². The summed E-state index contributed by atoms with van der Waals surface area (Å²) in [5.41, 5.74) is 0.890. The molecule has 6 nitrogen and oxygen atoms in total. The van der Waals surface area contributed by atoms with Crippen molar-refractivity contribution >= 4 is 17.6 Å². The minimum atomic E-state index is -0.634. The zero-order valence-corrected chi connectivity index (χ0v) is 11.7. The second-order valence-electron chi connectivity index (χ2n) is 4.72. The van der Waals surface area contributed by atoms with Gasteiger partial charge in [0.05, 0.1) is 18.2 Å². The van der Waals surface area contributed by atoms with E-state index in [0.29, 0.717) is 30.8 Å². The van der Waals surface area contributed by atoms with E-state index in [0.717, 1.165) is 0 Å². The van der Waals surface area contributed by atoms with Gasteiger partial charge in [0.25, 0.3) is 0 Å². The fourth-order valence-corrected chi connectivity index (χ4v) is 2.16. The summed E-state index contributed by atoms with van der Waals surface area (Å²) in [7, 11) is 0. The molecule has 108 valence electrons. The van der Waals surface area contributed by atoms with E-state index >= 15 is 0 Å². The molecule has 0 saturated carbocycles. The number of piperazine rings is 1. The van der Waals surface area contributed by atoms with Gasteiger partial charge in [-0.2, -0.15) is 5.26 Å². The van der Waals surface area contributed by atoms with Crippen LogP contribution in [0, 0.1) is 11.3 Å². The molecule has 0 N–H and O–H groups in total. The maximum absolute atomic E-state index is 12.1. The van der Waals surface area contributed by atoms with Crippen molar-refractivity contribution in [2.75, 3.05) is 26.2 Å². The van der Waals surface area contributed by atoms with Gasteiger partial charge in [-0.25, -0.2) is 0 Å². The molecule has 1 aromatic rings. The van der Waals surface area contributed by atoms with Crippen LogP contribution < -0.4 is 0 Å². The maximum atomic E-state index is 12.1. The van der Waals surface area contributed by atoms with Gasteiger partial charge in [0.2, 0.25) is 0 Å². The topological polar surface area (TPSA) is 81.5 Å². The van der Waals surface area contributed by atoms with Gasteiger partial charge in [-0.1, -0.05) is 12.1 Å². The van der Waals surface area contributed by atoms with E-state index in [1.165, 1.54) is 9.80 Å². The standard InChI is InChI=1S/C15H15N3O3/c1-2-17-7-8-18(15(21)14(17)20)10-13(19)12-5-3-11(9-16)4-6-12/h3-6H,2,7-8,10H2,1H3. The largest absolute Gasteiger partial charge is 0.333 e. The summed E-state index contributed by atoms with van der Waals surface area (Å²) in [5.74, 6) is -1.44. The number of carbonyl (C=O) groups is 3. The maximum Gasteiger partial charge on any atom is 0.312 e. The highest BCUT2D eigenvalue weighted by Crippen LogP contribution is 2.09. The van der Waals surface area contributed by atoms with Crippen LogP contribution in [0.5, 0.6) is 0 Å². The van der Waals surface area contributed by atoms with E-state index in [1.807, 2.05) is 13.0 Å². The molecule has 2 rings (SSSR count). The Hall–Kier alpha value is -2.68. The van der Waals surface area contributed by atoms with E-state index in [2.05, 4.69) is 0 Å². The number of benzene rings is 1. The van der Waals surface area contributed by atoms with E-state index in [9.17, 15) is 14.4 Å². The normalized spacial score (nSPS) is 15.0. The summed E-state index contributed by atoms with van der Waals surface area (Å²) in [4.78, 5) is 38.5. The van der Waals surface area contributed by atoms with Gasteiger partial charge in [0, 0.05) is 25.2 Å². The lowest BCUT2D eigenvalue weighted by Crippen LogP contribution is -2.55. The minimum absolute atomic E-state index is 0.117. The number of Topliss-reactive ketones (excluding diaryl/α,β-unsaturated/α-hetero) is 1. The van der Waals surface area contributed by atoms with E-state index in [1.54, 1.807) is 24.3 Å². The lowest BCUT2D eigenvalue weighted by atomic mass is 10.1. The Morgan fingerprint density at radius 1 is 1.14 bits per heavy atom. The van der Waals surface area contributed by atoms with Crippen LogP contribution in [0.3, 0.4) is 0 Å². The third-order valence-corrected chi connectivity index (χ3v) is 3.45. The van der Waals surface area contributed by atoms with Gasteiger partial charge in [0.15, 0.2) is 5.78 Å². The Bertz CT molecular complexity index is 616. The van der Waals surface area contributed by atoms with Crippen LogP contribution in [0.25, 0.3) is 0 Å². The molecule has 1 heterocycles. The number of nitriles is 1. The first-order valence-electron chi connectivity index (χ1n) is 6.68. The molecule has 6 heteroatoms. The van der Waals surface area contributed by atoms with Crippen molar-refractivity contribution in [2.45, 2.75) is 6.92 Å². The highest BCUT2D eigenvalue weighted by molar-refractivity contribution is 6.35. The molecule has 0 aromatic heterocycles. The second kappa shape index (κ2) is 6.18. The molecule has 0 spiro atoms. The van der Waals surface area contributed by atoms with Crippen molar-refractivity contribution in [1.29, 1.82) is 5.26 Å². The average Bonchev–Trinajstić information content (AvgIpc) is 2.52. The number of nitrogens with zero attached hydrogens (tertiary/aromatic N) is 3. The molecule has 0 unspecified atom stereocenters. The molecule has 21 heavy (non-hydrogen) atoms. The van der Waals surface area contributed by atoms with Crippen LogP contribution in [0.15, 0.2) is 24.3 Å². The molecule has 1 saturated heterocycles. The molecule has 0 atom stereocenters. The molecular weight excluding hydrogens is 270 g/mol. The SMILES string of the molecule is CCN1CCN(CC(=O)c2ccc(C#N)cc2)C(=O)C1=O. The van der Waals surface area contributed by atoms with Gasteiger partial charge in [-0.05, 0) is 19.1 Å². The van der Waals surface area contributed by atoms with Crippen LogP contribution in [-0.4, -0.2) is 53.6 Å². The van der Waals surface area contributed by atoms with Crippen molar-refractivity contribution in [3.8, 4) is 6.07 Å². The van der Waals surface area contributed by atoms with Crippen molar-refractivity contribution < 1.29 is 14.4 Å². The Morgan fingerprint density at radius 2 is 1.71 bits per heavy atom. The first kappa shape index (κ1) is 14.7. The van der Waals surface area contributed by atoms with Gasteiger partial charge >= 0.3 is 11.8 Å². The quantitative estimate of drug-likeness (QED) is 0.593. The Balaban J connectivity index is 2.04. The molecule has 1 aliphatic rings. The van der Waals surface area contributed by atoms with Gasteiger partial charge in [-0.15, -0.1) is 0 Å². The summed E-state index contributed by atoms with van der Waals surface area (Å²) >= 11 is 0. The lowest BCUT2D eigenvalue weighted by Gasteiger charge is -2.32. The van der Waals surface area contributed by atoms with Gasteiger partial charge in [0.1, 0.15) is 0 Å². The zero-order chi connectivity index (χ0) is 15.4. The number of rotatable bonds is 4. The van der Waals surface area contributed by atoms with Gasteiger partial charge < -0.3 is 9.80 Å². The highest BCUT2D eigenvalue weighted by Gasteiger charge is 2.32. The lowest BCUT2D eigenvalue weighted by molar-refractivity contribution is -0.155. The van der Waals surface area contributed by atoms with Crippen LogP contribution in [0.2, 0.25) is 0 Å². The smallest absolute Gasteiger partial charge is 0.312 e. The second-order valence-corrected chi connectivity index (χ2v) is 4.72. The Morgan fingerprint density at radius 3 is 2.29 bits per heavy atom. The monoisotopic (exact) mass is 285 g/mol. The third-order valence-electron chi connectivity index (χ3n) is 3.45. The number of hydrogen-bond donors (Lipinski definition) is 0. The minimum Gasteiger partial charge on any atom is -0.333 e. The average molecular weight is 285 g/mol. The molecular formula is C15H15N3O3. The van der Waals surface area contributed by atoms with E-state index < -0.39 is 11.8 Å². The molecule has 2 amide bonds. The van der Waals surface area contributed by atoms with Crippen molar-refractivity contribution in [2.24, 2.45) is 0 Å². The number of ketones is 1. The summed E-state index contributed by atoms with van der Waals surface area (Å²) in [6, 6.07) is 8.18. The van der Waals surface area contributed by atoms with Gasteiger partial charge in [-0.3, -0.25) is 14.4 Å². The van der Waals surface area contributed by atoms with Crippen LogP contribution in [-0.2, 0) is 9.59 Å². The predicted octanol–water partition coefficient (Wildman–Crippen LogP) is 0.432. The fourth-order valence-electron chi connectivity index (χ4n) is 2.16. The van der Waals surface area contributed by atoms with Crippen molar-refractivity contribution in [1.82, 2.24) is 9.80 Å². The fraction of sp³-hybridized carbons (Fsp3) is 0.333. The molecule has 0 aliphatic carbocycles. The summed E-state index contributed by atoms with van der Waals surface area (Å²) < 4.78 is 0. The zero-order valence-electron chi connectivity index (χ0n) is 11.7. The summed E-state index contributed by atoms with van der Waals surface area (Å²) in [6.07, 6.45) is 0. The van der Waals surface area contributed by atoms with Crippen LogP contribution >= 0.6 is 0 Å². The first-order valence-corrected chi connectivity index (χ1v) is 6.68. The van der Waals surface area contributed by atoms with E-state index in [-0.39, 0.29) is 12.3 Å². The molecule has 1 aromatic carbocycles. The molecule has 1 fully saturated rings. The Kier molecular flexibility index (Phi) is 4.33. The highest BCUT2D eigenvalue weighted by atomic mass is 16.2.